The van der Waals surface area contributed by atoms with Crippen LogP contribution in [0, 0.1) is 29.1 Å². The molecular weight excluding hydrogens is 222 g/mol. The monoisotopic (exact) mass is 245 g/mol. The van der Waals surface area contributed by atoms with Gasteiger partial charge in [0, 0.05) is 25.3 Å². The smallest absolute Gasteiger partial charge is 0.120 e. The van der Waals surface area contributed by atoms with Crippen LogP contribution >= 0.6 is 0 Å². The Morgan fingerprint density at radius 3 is 2.28 bits per heavy atom. The lowest BCUT2D eigenvalue weighted by atomic mass is 10.0. The standard InChI is InChI=1S/C15H23N3/c1-10-11(7-12(8-16)18(10)6)9-17-13-14(2,3)15(13,4)5/h7,13,17H,9H2,1-6H3. The highest BCUT2D eigenvalue weighted by Crippen LogP contribution is 2.62. The van der Waals surface area contributed by atoms with E-state index < -0.39 is 0 Å². The Morgan fingerprint density at radius 1 is 1.33 bits per heavy atom. The first-order chi connectivity index (χ1) is 8.23. The topological polar surface area (TPSA) is 40.8 Å². The van der Waals surface area contributed by atoms with Crippen LogP contribution in [0.4, 0.5) is 0 Å². The zero-order valence-corrected chi connectivity index (χ0v) is 12.3. The molecule has 0 aliphatic heterocycles. The summed E-state index contributed by atoms with van der Waals surface area (Å²) < 4.78 is 1.96. The number of hydrogen-bond donors (Lipinski definition) is 1. The Labute approximate surface area is 110 Å². The molecule has 1 aromatic heterocycles. The van der Waals surface area contributed by atoms with Crippen LogP contribution < -0.4 is 5.32 Å². The highest BCUT2D eigenvalue weighted by atomic mass is 15.0. The Bertz CT molecular complexity index is 501. The van der Waals surface area contributed by atoms with Crippen molar-refractivity contribution < 1.29 is 0 Å². The van der Waals surface area contributed by atoms with Gasteiger partial charge in [0.25, 0.3) is 0 Å². The van der Waals surface area contributed by atoms with Gasteiger partial charge in [0.05, 0.1) is 0 Å². The van der Waals surface area contributed by atoms with Crippen LogP contribution in [0.25, 0.3) is 0 Å². The number of nitrogens with zero attached hydrogens (tertiary/aromatic N) is 2. The molecule has 98 valence electrons. The summed E-state index contributed by atoms with van der Waals surface area (Å²) in [7, 11) is 1.95. The fourth-order valence-electron chi connectivity index (χ4n) is 2.97. The van der Waals surface area contributed by atoms with Gasteiger partial charge in [0.1, 0.15) is 11.8 Å². The number of nitrogens with one attached hydrogen (secondary N) is 1. The van der Waals surface area contributed by atoms with Crippen molar-refractivity contribution in [3.63, 3.8) is 0 Å². The van der Waals surface area contributed by atoms with Crippen LogP contribution in [-0.2, 0) is 13.6 Å². The molecule has 0 spiro atoms. The average molecular weight is 245 g/mol. The predicted molar refractivity (Wildman–Crippen MR) is 73.1 cm³/mol. The summed E-state index contributed by atoms with van der Waals surface area (Å²) in [6.45, 7) is 12.2. The van der Waals surface area contributed by atoms with E-state index in [-0.39, 0.29) is 0 Å². The van der Waals surface area contributed by atoms with Gasteiger partial charge in [-0.2, -0.15) is 5.26 Å². The van der Waals surface area contributed by atoms with Crippen molar-refractivity contribution in [1.29, 1.82) is 5.26 Å². The van der Waals surface area contributed by atoms with Gasteiger partial charge in [-0.25, -0.2) is 0 Å². The number of rotatable bonds is 3. The fraction of sp³-hybridized carbons (Fsp3) is 0.667. The maximum Gasteiger partial charge on any atom is 0.120 e. The third kappa shape index (κ3) is 1.67. The van der Waals surface area contributed by atoms with E-state index >= 15 is 0 Å². The normalized spacial score (nSPS) is 20.7. The molecule has 0 radical (unpaired) electrons. The highest BCUT2D eigenvalue weighted by Gasteiger charge is 2.64. The molecule has 0 unspecified atom stereocenters. The van der Waals surface area contributed by atoms with Gasteiger partial charge in [0.2, 0.25) is 0 Å². The van der Waals surface area contributed by atoms with Crippen molar-refractivity contribution in [2.45, 2.75) is 47.2 Å². The first kappa shape index (κ1) is 13.2. The van der Waals surface area contributed by atoms with Crippen molar-refractivity contribution in [1.82, 2.24) is 9.88 Å². The molecular formula is C15H23N3. The van der Waals surface area contributed by atoms with E-state index in [9.17, 15) is 0 Å². The molecule has 0 bridgehead atoms. The van der Waals surface area contributed by atoms with Crippen molar-refractivity contribution in [2.24, 2.45) is 17.9 Å². The maximum absolute atomic E-state index is 9.02. The SMILES string of the molecule is Cc1c(CNC2C(C)(C)C2(C)C)cc(C#N)n1C. The average Bonchev–Trinajstić information content (AvgIpc) is 2.53. The van der Waals surface area contributed by atoms with Crippen LogP contribution in [-0.4, -0.2) is 10.6 Å². The number of nitriles is 1. The predicted octanol–water partition coefficient (Wildman–Crippen LogP) is 2.73. The van der Waals surface area contributed by atoms with E-state index in [1.165, 1.54) is 11.3 Å². The summed E-state index contributed by atoms with van der Waals surface area (Å²) in [5.41, 5.74) is 3.85. The molecule has 18 heavy (non-hydrogen) atoms. The van der Waals surface area contributed by atoms with Gasteiger partial charge >= 0.3 is 0 Å². The first-order valence-corrected chi connectivity index (χ1v) is 6.52. The lowest BCUT2D eigenvalue weighted by Crippen LogP contribution is -2.21. The molecule has 0 saturated heterocycles. The van der Waals surface area contributed by atoms with Gasteiger partial charge in [-0.15, -0.1) is 0 Å². The second-order valence-electron chi connectivity index (χ2n) is 6.57. The van der Waals surface area contributed by atoms with Gasteiger partial charge in [0.15, 0.2) is 0 Å². The summed E-state index contributed by atoms with van der Waals surface area (Å²) in [5.74, 6) is 0. The van der Waals surface area contributed by atoms with E-state index in [0.717, 1.165) is 12.2 Å². The van der Waals surface area contributed by atoms with Crippen molar-refractivity contribution >= 4 is 0 Å². The van der Waals surface area contributed by atoms with E-state index in [1.807, 2.05) is 17.7 Å². The van der Waals surface area contributed by atoms with E-state index in [0.29, 0.717) is 16.9 Å². The summed E-state index contributed by atoms with van der Waals surface area (Å²) in [5, 5.41) is 12.7. The van der Waals surface area contributed by atoms with Gasteiger partial charge < -0.3 is 9.88 Å². The molecule has 3 heteroatoms. The molecule has 3 nitrogen and oxygen atoms in total. The molecule has 1 aromatic rings. The molecule has 1 aliphatic rings. The molecule has 1 N–H and O–H groups in total. The number of hydrogen-bond acceptors (Lipinski definition) is 2. The molecule has 1 aliphatic carbocycles. The summed E-state index contributed by atoms with van der Waals surface area (Å²) in [6, 6.07) is 4.77. The molecule has 2 rings (SSSR count). The second-order valence-corrected chi connectivity index (χ2v) is 6.57. The van der Waals surface area contributed by atoms with Crippen LogP contribution in [0.2, 0.25) is 0 Å². The van der Waals surface area contributed by atoms with Crippen LogP contribution in [0.3, 0.4) is 0 Å². The minimum absolute atomic E-state index is 0.355. The second kappa shape index (κ2) is 3.86. The lowest BCUT2D eigenvalue weighted by Gasteiger charge is -2.06. The van der Waals surface area contributed by atoms with E-state index in [4.69, 9.17) is 5.26 Å². The summed E-state index contributed by atoms with van der Waals surface area (Å²) in [4.78, 5) is 0. The van der Waals surface area contributed by atoms with Crippen LogP contribution in [0.5, 0.6) is 0 Å². The summed E-state index contributed by atoms with van der Waals surface area (Å²) in [6.07, 6.45) is 0. The molecule has 0 amide bonds. The first-order valence-electron chi connectivity index (χ1n) is 6.52. The minimum atomic E-state index is 0.355. The van der Waals surface area contributed by atoms with Gasteiger partial charge in [-0.1, -0.05) is 27.7 Å². The zero-order chi connectivity index (χ0) is 13.7. The zero-order valence-electron chi connectivity index (χ0n) is 12.3. The Kier molecular flexibility index (Phi) is 2.82. The van der Waals surface area contributed by atoms with Crippen molar-refractivity contribution in [2.75, 3.05) is 0 Å². The molecule has 1 fully saturated rings. The Hall–Kier alpha value is -1.27. The molecule has 1 saturated carbocycles. The van der Waals surface area contributed by atoms with Gasteiger partial charge in [-0.3, -0.25) is 0 Å². The third-order valence-corrected chi connectivity index (χ3v) is 5.27. The van der Waals surface area contributed by atoms with Crippen LogP contribution in [0.1, 0.15) is 44.6 Å². The van der Waals surface area contributed by atoms with E-state index in [1.54, 1.807) is 0 Å². The minimum Gasteiger partial charge on any atom is -0.340 e. The summed E-state index contributed by atoms with van der Waals surface area (Å²) >= 11 is 0. The Balaban J connectivity index is 2.07. The van der Waals surface area contributed by atoms with Gasteiger partial charge in [-0.05, 0) is 29.4 Å². The largest absolute Gasteiger partial charge is 0.340 e. The molecule has 0 atom stereocenters. The highest BCUT2D eigenvalue weighted by molar-refractivity contribution is 5.34. The Morgan fingerprint density at radius 2 is 1.89 bits per heavy atom. The number of aromatic nitrogens is 1. The third-order valence-electron chi connectivity index (χ3n) is 5.27. The molecule has 1 heterocycles. The van der Waals surface area contributed by atoms with Crippen LogP contribution in [0.15, 0.2) is 6.07 Å². The fourth-order valence-corrected chi connectivity index (χ4v) is 2.97. The van der Waals surface area contributed by atoms with Crippen molar-refractivity contribution in [3.05, 3.63) is 23.0 Å². The van der Waals surface area contributed by atoms with E-state index in [2.05, 4.69) is 46.0 Å². The molecule has 0 aromatic carbocycles. The maximum atomic E-state index is 9.02. The van der Waals surface area contributed by atoms with Crippen molar-refractivity contribution in [3.8, 4) is 6.07 Å². The quantitative estimate of drug-likeness (QED) is 0.889. The lowest BCUT2D eigenvalue weighted by molar-refractivity contribution is 0.457.